The molecule has 1 rings (SSSR count). The lowest BCUT2D eigenvalue weighted by molar-refractivity contribution is -0.116. The Kier molecular flexibility index (Phi) is 14.4. The third-order valence-corrected chi connectivity index (χ3v) is 5.85. The molecule has 29 heavy (non-hydrogen) atoms. The molecular weight excluding hydrogens is 380 g/mol. The van der Waals surface area contributed by atoms with Crippen molar-refractivity contribution < 1.29 is 9.59 Å². The molecule has 4 nitrogen and oxygen atoms in total. The van der Waals surface area contributed by atoms with Gasteiger partial charge in [-0.2, -0.15) is 0 Å². The van der Waals surface area contributed by atoms with E-state index in [0.29, 0.717) is 18.5 Å². The quantitative estimate of drug-likeness (QED) is 0.228. The first kappa shape index (κ1) is 25.5. The molecule has 0 saturated heterocycles. The Hall–Kier alpha value is -1.49. The van der Waals surface area contributed by atoms with Gasteiger partial charge in [0.2, 0.25) is 5.91 Å². The second-order valence-electron chi connectivity index (χ2n) is 7.65. The number of amides is 2. The summed E-state index contributed by atoms with van der Waals surface area (Å²) in [6.45, 7) is 5.02. The fourth-order valence-corrected chi connectivity index (χ4v) is 3.77. The van der Waals surface area contributed by atoms with Gasteiger partial charge in [-0.25, -0.2) is 0 Å². The van der Waals surface area contributed by atoms with Crippen LogP contribution >= 0.6 is 11.8 Å². The minimum Gasteiger partial charge on any atom is -0.352 e. The van der Waals surface area contributed by atoms with Gasteiger partial charge >= 0.3 is 0 Å². The Labute approximate surface area is 182 Å². The van der Waals surface area contributed by atoms with Crippen LogP contribution in [0.4, 0.5) is 5.69 Å². The summed E-state index contributed by atoms with van der Waals surface area (Å²) in [5.74, 6) is -0.0488. The summed E-state index contributed by atoms with van der Waals surface area (Å²) in [6, 6.07) is 5.53. The first-order chi connectivity index (χ1) is 14.1. The zero-order chi connectivity index (χ0) is 21.3. The van der Waals surface area contributed by atoms with Crippen molar-refractivity contribution in [2.24, 2.45) is 0 Å². The summed E-state index contributed by atoms with van der Waals surface area (Å²) < 4.78 is 0. The van der Waals surface area contributed by atoms with Crippen molar-refractivity contribution in [3.05, 3.63) is 23.8 Å². The van der Waals surface area contributed by atoms with E-state index in [2.05, 4.69) is 24.5 Å². The van der Waals surface area contributed by atoms with E-state index in [1.807, 2.05) is 18.4 Å². The number of carbonyl (C=O) groups excluding carboxylic acids is 2. The molecule has 0 radical (unpaired) electrons. The van der Waals surface area contributed by atoms with Gasteiger partial charge in [0.05, 0.1) is 5.69 Å². The second-order valence-corrected chi connectivity index (χ2v) is 8.50. The standard InChI is InChI=1S/C24H40N2O2S/c1-4-6-8-9-10-11-12-13-14-15-23(27)26-21-19-20(16-17-22(21)29-3)24(28)25-18-7-5-2/h16-17,19H,4-15,18H2,1-3H3,(H,25,28)(H,26,27). The molecule has 0 atom stereocenters. The average Bonchev–Trinajstić information content (AvgIpc) is 2.72. The van der Waals surface area contributed by atoms with Crippen LogP contribution in [-0.4, -0.2) is 24.6 Å². The van der Waals surface area contributed by atoms with Gasteiger partial charge in [0.1, 0.15) is 0 Å². The van der Waals surface area contributed by atoms with E-state index in [4.69, 9.17) is 0 Å². The van der Waals surface area contributed by atoms with E-state index in [0.717, 1.165) is 36.3 Å². The Morgan fingerprint density at radius 2 is 1.48 bits per heavy atom. The molecule has 0 unspecified atom stereocenters. The second kappa shape index (κ2) is 16.3. The summed E-state index contributed by atoms with van der Waals surface area (Å²) in [6.07, 6.45) is 15.7. The van der Waals surface area contributed by atoms with E-state index in [-0.39, 0.29) is 11.8 Å². The summed E-state index contributed by atoms with van der Waals surface area (Å²) in [5, 5.41) is 5.94. The van der Waals surface area contributed by atoms with Gasteiger partial charge in [-0.05, 0) is 37.3 Å². The van der Waals surface area contributed by atoms with Crippen molar-refractivity contribution in [3.8, 4) is 0 Å². The molecule has 0 heterocycles. The molecule has 2 amide bonds. The molecule has 5 heteroatoms. The maximum atomic E-state index is 12.4. The van der Waals surface area contributed by atoms with Crippen LogP contribution in [0.5, 0.6) is 0 Å². The monoisotopic (exact) mass is 420 g/mol. The largest absolute Gasteiger partial charge is 0.352 e. The number of benzene rings is 1. The van der Waals surface area contributed by atoms with E-state index in [1.54, 1.807) is 17.8 Å². The Bertz CT molecular complexity index is 605. The minimum absolute atomic E-state index is 0.0341. The fraction of sp³-hybridized carbons (Fsp3) is 0.667. The SMILES string of the molecule is CCCCCCCCCCCC(=O)Nc1cc(C(=O)NCCCC)ccc1SC. The number of nitrogens with one attached hydrogen (secondary N) is 2. The van der Waals surface area contributed by atoms with Gasteiger partial charge < -0.3 is 10.6 Å². The van der Waals surface area contributed by atoms with Gasteiger partial charge in [0.15, 0.2) is 0 Å². The van der Waals surface area contributed by atoms with E-state index < -0.39 is 0 Å². The number of unbranched alkanes of at least 4 members (excludes halogenated alkanes) is 9. The predicted octanol–water partition coefficient (Wildman–Crippen LogP) is 6.80. The van der Waals surface area contributed by atoms with Gasteiger partial charge in [-0.3, -0.25) is 9.59 Å². The van der Waals surface area contributed by atoms with Crippen molar-refractivity contribution >= 4 is 29.3 Å². The lowest BCUT2D eigenvalue weighted by Crippen LogP contribution is -2.24. The molecule has 0 saturated carbocycles. The predicted molar refractivity (Wildman–Crippen MR) is 126 cm³/mol. The number of thioether (sulfide) groups is 1. The van der Waals surface area contributed by atoms with Crippen molar-refractivity contribution in [1.82, 2.24) is 5.32 Å². The number of anilines is 1. The summed E-state index contributed by atoms with van der Waals surface area (Å²) in [7, 11) is 0. The highest BCUT2D eigenvalue weighted by atomic mass is 32.2. The lowest BCUT2D eigenvalue weighted by atomic mass is 10.1. The molecule has 1 aromatic rings. The van der Waals surface area contributed by atoms with Crippen molar-refractivity contribution in [2.75, 3.05) is 18.1 Å². The number of hydrogen-bond donors (Lipinski definition) is 2. The van der Waals surface area contributed by atoms with E-state index >= 15 is 0 Å². The highest BCUT2D eigenvalue weighted by Crippen LogP contribution is 2.27. The molecular formula is C24H40N2O2S. The molecule has 0 fully saturated rings. The highest BCUT2D eigenvalue weighted by Gasteiger charge is 2.11. The molecule has 0 aromatic heterocycles. The first-order valence-corrected chi connectivity index (χ1v) is 12.6. The molecule has 0 aliphatic heterocycles. The average molecular weight is 421 g/mol. The normalized spacial score (nSPS) is 10.7. The first-order valence-electron chi connectivity index (χ1n) is 11.4. The van der Waals surface area contributed by atoms with Crippen LogP contribution in [0.3, 0.4) is 0 Å². The highest BCUT2D eigenvalue weighted by molar-refractivity contribution is 7.98. The van der Waals surface area contributed by atoms with Gasteiger partial charge in [0, 0.05) is 23.4 Å². The Balaban J connectivity index is 2.39. The van der Waals surface area contributed by atoms with Crippen LogP contribution < -0.4 is 10.6 Å². The third-order valence-electron chi connectivity index (χ3n) is 5.06. The maximum Gasteiger partial charge on any atom is 0.251 e. The molecule has 164 valence electrons. The third kappa shape index (κ3) is 11.3. The Morgan fingerprint density at radius 1 is 0.862 bits per heavy atom. The number of carbonyl (C=O) groups is 2. The van der Waals surface area contributed by atoms with Crippen molar-refractivity contribution in [3.63, 3.8) is 0 Å². The molecule has 0 spiro atoms. The lowest BCUT2D eigenvalue weighted by Gasteiger charge is -2.12. The molecule has 1 aromatic carbocycles. The minimum atomic E-state index is -0.0828. The number of hydrogen-bond acceptors (Lipinski definition) is 3. The van der Waals surface area contributed by atoms with Crippen molar-refractivity contribution in [2.45, 2.75) is 95.8 Å². The topological polar surface area (TPSA) is 58.2 Å². The van der Waals surface area contributed by atoms with Gasteiger partial charge in [0.25, 0.3) is 5.91 Å². The molecule has 2 N–H and O–H groups in total. The van der Waals surface area contributed by atoms with Crippen LogP contribution in [0.15, 0.2) is 23.1 Å². The maximum absolute atomic E-state index is 12.4. The van der Waals surface area contributed by atoms with E-state index in [1.165, 1.54) is 44.9 Å². The zero-order valence-electron chi connectivity index (χ0n) is 18.6. The van der Waals surface area contributed by atoms with Crippen LogP contribution in [-0.2, 0) is 4.79 Å². The fourth-order valence-electron chi connectivity index (χ4n) is 3.24. The van der Waals surface area contributed by atoms with E-state index in [9.17, 15) is 9.59 Å². The smallest absolute Gasteiger partial charge is 0.251 e. The van der Waals surface area contributed by atoms with Crippen LogP contribution in [0.2, 0.25) is 0 Å². The summed E-state index contributed by atoms with van der Waals surface area (Å²) >= 11 is 1.58. The molecule has 0 aliphatic carbocycles. The zero-order valence-corrected chi connectivity index (χ0v) is 19.5. The van der Waals surface area contributed by atoms with Gasteiger partial charge in [-0.15, -0.1) is 11.8 Å². The summed E-state index contributed by atoms with van der Waals surface area (Å²) in [4.78, 5) is 25.6. The van der Waals surface area contributed by atoms with Crippen LogP contribution in [0.25, 0.3) is 0 Å². The molecule has 0 bridgehead atoms. The van der Waals surface area contributed by atoms with Crippen LogP contribution in [0, 0.1) is 0 Å². The van der Waals surface area contributed by atoms with Gasteiger partial charge in [-0.1, -0.05) is 71.6 Å². The summed E-state index contributed by atoms with van der Waals surface area (Å²) in [5.41, 5.74) is 1.33. The van der Waals surface area contributed by atoms with Crippen molar-refractivity contribution in [1.29, 1.82) is 0 Å². The Morgan fingerprint density at radius 3 is 2.10 bits per heavy atom. The number of rotatable bonds is 16. The molecule has 0 aliphatic rings. The van der Waals surface area contributed by atoms with Crippen LogP contribution in [0.1, 0.15) is 101 Å².